The second-order valence-electron chi connectivity index (χ2n) is 6.88. The number of aromatic nitrogens is 2. The average Bonchev–Trinajstić information content (AvgIpc) is 2.76. The Bertz CT molecular complexity index is 1240. The first-order valence-corrected chi connectivity index (χ1v) is 10.4. The molecule has 31 heavy (non-hydrogen) atoms. The molecule has 1 aromatic heterocycles. The van der Waals surface area contributed by atoms with Crippen LogP contribution in [-0.2, 0) is 0 Å². The normalized spacial score (nSPS) is 12.2. The van der Waals surface area contributed by atoms with E-state index < -0.39 is 4.92 Å². The van der Waals surface area contributed by atoms with E-state index in [0.29, 0.717) is 28.0 Å². The molecule has 8 nitrogen and oxygen atoms in total. The number of hydrogen-bond acceptors (Lipinski definition) is 6. The summed E-state index contributed by atoms with van der Waals surface area (Å²) in [5, 5.41) is 16.0. The Hall–Kier alpha value is -3.33. The molecule has 0 N–H and O–H groups in total. The highest BCUT2D eigenvalue weighted by atomic mass is 79.9. The first-order chi connectivity index (χ1) is 14.8. The molecule has 9 heteroatoms. The van der Waals surface area contributed by atoms with Crippen LogP contribution < -0.4 is 10.3 Å². The highest BCUT2D eigenvalue weighted by Gasteiger charge is 2.16. The Balaban J connectivity index is 2.19. The first-order valence-electron chi connectivity index (χ1n) is 9.64. The van der Waals surface area contributed by atoms with E-state index in [9.17, 15) is 14.9 Å². The van der Waals surface area contributed by atoms with E-state index in [1.54, 1.807) is 18.2 Å². The van der Waals surface area contributed by atoms with Crippen molar-refractivity contribution in [3.8, 4) is 5.75 Å². The molecule has 0 unspecified atom stereocenters. The van der Waals surface area contributed by atoms with Gasteiger partial charge in [-0.15, -0.1) is 0 Å². The predicted molar refractivity (Wildman–Crippen MR) is 124 cm³/mol. The van der Waals surface area contributed by atoms with Crippen molar-refractivity contribution >= 4 is 38.7 Å². The molecule has 0 bridgehead atoms. The van der Waals surface area contributed by atoms with Crippen molar-refractivity contribution in [2.75, 3.05) is 6.61 Å². The lowest BCUT2D eigenvalue weighted by atomic mass is 10.1. The number of nitro groups is 1. The summed E-state index contributed by atoms with van der Waals surface area (Å²) in [6.07, 6.45) is 3.71. The van der Waals surface area contributed by atoms with Crippen molar-refractivity contribution in [2.45, 2.75) is 26.2 Å². The molecular formula is C22H21BrN4O4. The average molecular weight is 485 g/mol. The summed E-state index contributed by atoms with van der Waals surface area (Å²) in [6, 6.07) is 9.50. The van der Waals surface area contributed by atoms with E-state index in [2.05, 4.69) is 32.6 Å². The van der Waals surface area contributed by atoms with Gasteiger partial charge in [0.05, 0.1) is 22.0 Å². The molecule has 0 radical (unpaired) electrons. The van der Waals surface area contributed by atoms with Gasteiger partial charge in [-0.2, -0.15) is 9.78 Å². The quantitative estimate of drug-likeness (QED) is 0.193. The molecule has 0 aliphatic carbocycles. The maximum absolute atomic E-state index is 13.2. The second-order valence-corrected chi connectivity index (χ2v) is 7.80. The molecule has 2 aromatic carbocycles. The van der Waals surface area contributed by atoms with Gasteiger partial charge in [-0.1, -0.05) is 42.4 Å². The van der Waals surface area contributed by atoms with E-state index in [1.807, 2.05) is 19.9 Å². The number of benzene rings is 2. The minimum Gasteiger partial charge on any atom is -0.489 e. The fraction of sp³-hybridized carbons (Fsp3) is 0.227. The summed E-state index contributed by atoms with van der Waals surface area (Å²) in [5.41, 5.74) is 0.520. The molecule has 160 valence electrons. The van der Waals surface area contributed by atoms with E-state index >= 15 is 0 Å². The Kier molecular flexibility index (Phi) is 6.96. The standard InChI is InChI=1S/C22H21BrN4O4/c1-4-10-31-20-9-7-17(27(29)30)11-15(20)13-24-26-21(14(3)5-2)25-19-8-6-16(23)12-18(19)22(26)28/h4,6-9,11-14H,1,5,10H2,2-3H3/t14-/m1/s1. The Morgan fingerprint density at radius 3 is 2.81 bits per heavy atom. The Morgan fingerprint density at radius 1 is 1.35 bits per heavy atom. The van der Waals surface area contributed by atoms with Gasteiger partial charge in [0.25, 0.3) is 11.2 Å². The SMILES string of the molecule is C=CCOc1ccc([N+](=O)[O-])cc1C=Nn1c([C@H](C)CC)nc2ccc(Br)cc2c1=O. The van der Waals surface area contributed by atoms with Gasteiger partial charge in [-0.05, 0) is 30.7 Å². The number of ether oxygens (including phenoxy) is 1. The van der Waals surface area contributed by atoms with Crippen LogP contribution in [0.1, 0.15) is 37.6 Å². The summed E-state index contributed by atoms with van der Waals surface area (Å²) in [4.78, 5) is 28.6. The zero-order chi connectivity index (χ0) is 22.5. The number of fused-ring (bicyclic) bond motifs is 1. The first kappa shape index (κ1) is 22.4. The molecule has 0 amide bonds. The summed E-state index contributed by atoms with van der Waals surface area (Å²) >= 11 is 3.38. The third-order valence-electron chi connectivity index (χ3n) is 4.76. The number of halogens is 1. The van der Waals surface area contributed by atoms with Gasteiger partial charge < -0.3 is 4.74 Å². The van der Waals surface area contributed by atoms with Gasteiger partial charge in [0.1, 0.15) is 18.2 Å². The molecule has 3 rings (SSSR count). The molecule has 0 aliphatic rings. The smallest absolute Gasteiger partial charge is 0.282 e. The monoisotopic (exact) mass is 484 g/mol. The Morgan fingerprint density at radius 2 is 2.13 bits per heavy atom. The lowest BCUT2D eigenvalue weighted by Crippen LogP contribution is -2.23. The predicted octanol–water partition coefficient (Wildman–Crippen LogP) is 5.03. The van der Waals surface area contributed by atoms with Crippen molar-refractivity contribution in [3.63, 3.8) is 0 Å². The van der Waals surface area contributed by atoms with Crippen molar-refractivity contribution in [3.05, 3.63) is 85.4 Å². The van der Waals surface area contributed by atoms with E-state index in [1.165, 1.54) is 29.1 Å². The van der Waals surface area contributed by atoms with Gasteiger partial charge in [0, 0.05) is 28.1 Å². The van der Waals surface area contributed by atoms with Crippen molar-refractivity contribution in [1.29, 1.82) is 0 Å². The molecule has 0 saturated carbocycles. The number of rotatable bonds is 8. The minimum atomic E-state index is -0.500. The number of nitrogens with zero attached hydrogens (tertiary/aromatic N) is 4. The summed E-state index contributed by atoms with van der Waals surface area (Å²) < 4.78 is 7.59. The third-order valence-corrected chi connectivity index (χ3v) is 5.25. The summed E-state index contributed by atoms with van der Waals surface area (Å²) in [7, 11) is 0. The van der Waals surface area contributed by atoms with Crippen LogP contribution in [0.2, 0.25) is 0 Å². The molecular weight excluding hydrogens is 464 g/mol. The molecule has 3 aromatic rings. The van der Waals surface area contributed by atoms with E-state index in [-0.39, 0.29) is 23.8 Å². The van der Waals surface area contributed by atoms with Crippen LogP contribution in [0, 0.1) is 10.1 Å². The van der Waals surface area contributed by atoms with E-state index in [4.69, 9.17) is 4.74 Å². The number of non-ortho nitro benzene ring substituents is 1. The lowest BCUT2D eigenvalue weighted by molar-refractivity contribution is -0.384. The van der Waals surface area contributed by atoms with Crippen molar-refractivity contribution in [2.24, 2.45) is 5.10 Å². The zero-order valence-electron chi connectivity index (χ0n) is 17.1. The second kappa shape index (κ2) is 9.65. The van der Waals surface area contributed by atoms with Crippen LogP contribution >= 0.6 is 15.9 Å². The molecule has 0 spiro atoms. The van der Waals surface area contributed by atoms with Gasteiger partial charge in [-0.25, -0.2) is 4.98 Å². The van der Waals surface area contributed by atoms with Crippen LogP contribution in [0.15, 0.2) is 63.4 Å². The molecule has 0 aliphatic heterocycles. The van der Waals surface area contributed by atoms with Crippen LogP contribution in [0.4, 0.5) is 5.69 Å². The topological polar surface area (TPSA) is 99.6 Å². The number of hydrogen-bond donors (Lipinski definition) is 0. The molecule has 0 fully saturated rings. The summed E-state index contributed by atoms with van der Waals surface area (Å²) in [6.45, 7) is 7.79. The van der Waals surface area contributed by atoms with Crippen molar-refractivity contribution < 1.29 is 9.66 Å². The van der Waals surface area contributed by atoms with Crippen LogP contribution in [0.3, 0.4) is 0 Å². The highest BCUT2D eigenvalue weighted by molar-refractivity contribution is 9.10. The van der Waals surface area contributed by atoms with Gasteiger partial charge in [0.15, 0.2) is 0 Å². The van der Waals surface area contributed by atoms with Gasteiger partial charge in [0.2, 0.25) is 0 Å². The van der Waals surface area contributed by atoms with Gasteiger partial charge >= 0.3 is 0 Å². The lowest BCUT2D eigenvalue weighted by Gasteiger charge is -2.14. The fourth-order valence-corrected chi connectivity index (χ4v) is 3.29. The third kappa shape index (κ3) is 4.88. The fourth-order valence-electron chi connectivity index (χ4n) is 2.93. The number of nitro benzene ring substituents is 1. The molecule has 1 heterocycles. The van der Waals surface area contributed by atoms with Crippen LogP contribution in [0.25, 0.3) is 10.9 Å². The molecule has 0 saturated heterocycles. The minimum absolute atomic E-state index is 0.0282. The molecule has 1 atom stereocenters. The zero-order valence-corrected chi connectivity index (χ0v) is 18.7. The van der Waals surface area contributed by atoms with Gasteiger partial charge in [-0.3, -0.25) is 14.9 Å². The Labute approximate surface area is 187 Å². The maximum Gasteiger partial charge on any atom is 0.282 e. The van der Waals surface area contributed by atoms with E-state index in [0.717, 1.165) is 10.9 Å². The maximum atomic E-state index is 13.2. The highest BCUT2D eigenvalue weighted by Crippen LogP contribution is 2.24. The van der Waals surface area contributed by atoms with Crippen LogP contribution in [0.5, 0.6) is 5.75 Å². The van der Waals surface area contributed by atoms with Crippen molar-refractivity contribution in [1.82, 2.24) is 9.66 Å². The largest absolute Gasteiger partial charge is 0.489 e. The van der Waals surface area contributed by atoms with Crippen LogP contribution in [-0.4, -0.2) is 27.4 Å². The summed E-state index contributed by atoms with van der Waals surface area (Å²) in [5.74, 6) is 0.876.